The van der Waals surface area contributed by atoms with Crippen molar-refractivity contribution in [3.05, 3.63) is 55.7 Å². The van der Waals surface area contributed by atoms with E-state index in [0.29, 0.717) is 26.9 Å². The van der Waals surface area contributed by atoms with Crippen molar-refractivity contribution >= 4 is 39.7 Å². The molecule has 0 atom stereocenters. The molecule has 0 unspecified atom stereocenters. The molecule has 1 aromatic carbocycles. The molecule has 0 aliphatic heterocycles. The van der Waals surface area contributed by atoms with Gasteiger partial charge in [0.1, 0.15) is 16.3 Å². The van der Waals surface area contributed by atoms with Gasteiger partial charge in [0.15, 0.2) is 0 Å². The van der Waals surface area contributed by atoms with E-state index in [9.17, 15) is 4.39 Å². The van der Waals surface area contributed by atoms with Gasteiger partial charge in [0.2, 0.25) is 0 Å². The molecule has 2 nitrogen and oxygen atoms in total. The largest absolute Gasteiger partial charge is 0.334 e. The molecule has 1 N–H and O–H groups in total. The third-order valence-electron chi connectivity index (χ3n) is 2.20. The van der Waals surface area contributed by atoms with Crippen LogP contribution in [0.5, 0.6) is 0 Å². The van der Waals surface area contributed by atoms with Crippen LogP contribution in [0, 0.1) is 10.5 Å². The van der Waals surface area contributed by atoms with Gasteiger partial charge in [0, 0.05) is 12.6 Å². The Kier molecular flexibility index (Phi) is 3.91. The fraction of sp³-hybridized carbons (Fsp3) is 0.0909. The molecule has 6 heteroatoms. The summed E-state index contributed by atoms with van der Waals surface area (Å²) in [5, 5.41) is 0.109. The summed E-state index contributed by atoms with van der Waals surface area (Å²) in [5.74, 6) is 0.178. The minimum atomic E-state index is -0.418. The zero-order valence-electron chi connectivity index (χ0n) is 8.51. The molecule has 0 saturated carbocycles. The first-order valence-corrected chi connectivity index (χ1v) is 6.32. The summed E-state index contributed by atoms with van der Waals surface area (Å²) >= 11 is 14.0. The van der Waals surface area contributed by atoms with Gasteiger partial charge in [0.25, 0.3) is 0 Å². The number of rotatable bonds is 2. The lowest BCUT2D eigenvalue weighted by Gasteiger charge is -2.04. The van der Waals surface area contributed by atoms with E-state index in [2.05, 4.69) is 25.9 Å². The minimum absolute atomic E-state index is 0.109. The van der Waals surface area contributed by atoms with Crippen LogP contribution in [-0.4, -0.2) is 9.97 Å². The van der Waals surface area contributed by atoms with Gasteiger partial charge in [-0.1, -0.05) is 36.0 Å². The molecule has 88 valence electrons. The molecule has 2 aromatic rings. The molecule has 0 saturated heterocycles. The number of H-pyrrole nitrogens is 1. The van der Waals surface area contributed by atoms with Crippen molar-refractivity contribution in [2.45, 2.75) is 6.42 Å². The van der Waals surface area contributed by atoms with Crippen molar-refractivity contribution in [2.75, 3.05) is 0 Å². The Morgan fingerprint density at radius 3 is 2.94 bits per heavy atom. The number of nitrogens with one attached hydrogen (secondary N) is 1. The van der Waals surface area contributed by atoms with E-state index in [1.807, 2.05) is 0 Å². The fourth-order valence-electron chi connectivity index (χ4n) is 1.37. The van der Waals surface area contributed by atoms with E-state index < -0.39 is 5.82 Å². The number of halogens is 3. The molecule has 1 heterocycles. The minimum Gasteiger partial charge on any atom is -0.334 e. The molecule has 1 aromatic heterocycles. The molecule has 0 aliphatic carbocycles. The summed E-state index contributed by atoms with van der Waals surface area (Å²) in [4.78, 5) is 7.04. The number of aromatic amines is 1. The van der Waals surface area contributed by atoms with Crippen molar-refractivity contribution in [1.82, 2.24) is 9.97 Å². The highest BCUT2D eigenvalue weighted by Crippen LogP contribution is 2.19. The standard InChI is InChI=1S/C11H7BrClFN2S/c12-7-5-15-9(16-11(7)17)4-6-2-1-3-8(13)10(6)14/h1-3,5H,4H2,(H,15,16,17). The Morgan fingerprint density at radius 2 is 2.24 bits per heavy atom. The molecule has 2 rings (SSSR count). The van der Waals surface area contributed by atoms with Crippen LogP contribution < -0.4 is 0 Å². The average Bonchev–Trinajstić information content (AvgIpc) is 2.30. The maximum atomic E-state index is 13.7. The number of nitrogens with zero attached hydrogens (tertiary/aromatic N) is 1. The zero-order chi connectivity index (χ0) is 12.4. The van der Waals surface area contributed by atoms with Crippen molar-refractivity contribution in [2.24, 2.45) is 0 Å². The summed E-state index contributed by atoms with van der Waals surface area (Å²) in [6, 6.07) is 4.88. The van der Waals surface area contributed by atoms with E-state index in [4.69, 9.17) is 23.8 Å². The van der Waals surface area contributed by atoms with Gasteiger partial charge >= 0.3 is 0 Å². The molecular formula is C11H7BrClFN2S. The average molecular weight is 334 g/mol. The molecule has 0 aliphatic rings. The molecule has 0 radical (unpaired) electrons. The van der Waals surface area contributed by atoms with Crippen LogP contribution in [0.1, 0.15) is 11.4 Å². The van der Waals surface area contributed by atoms with Gasteiger partial charge in [-0.3, -0.25) is 0 Å². The first-order valence-electron chi connectivity index (χ1n) is 4.74. The predicted octanol–water partition coefficient (Wildman–Crippen LogP) is 4.28. The van der Waals surface area contributed by atoms with Crippen LogP contribution >= 0.6 is 39.7 Å². The van der Waals surface area contributed by atoms with Crippen LogP contribution in [0.4, 0.5) is 4.39 Å². The first kappa shape index (κ1) is 12.7. The third kappa shape index (κ3) is 2.91. The van der Waals surface area contributed by atoms with Crippen molar-refractivity contribution in [3.8, 4) is 0 Å². The Morgan fingerprint density at radius 1 is 1.47 bits per heavy atom. The van der Waals surface area contributed by atoms with E-state index in [1.165, 1.54) is 6.07 Å². The van der Waals surface area contributed by atoms with Crippen molar-refractivity contribution in [3.63, 3.8) is 0 Å². The van der Waals surface area contributed by atoms with E-state index >= 15 is 0 Å². The van der Waals surface area contributed by atoms with Gasteiger partial charge in [-0.15, -0.1) is 0 Å². The second-order valence-electron chi connectivity index (χ2n) is 3.40. The Balaban J connectivity index is 2.35. The highest BCUT2D eigenvalue weighted by molar-refractivity contribution is 9.10. The third-order valence-corrected chi connectivity index (χ3v) is 3.68. The van der Waals surface area contributed by atoms with Crippen LogP contribution in [-0.2, 0) is 6.42 Å². The molecule has 17 heavy (non-hydrogen) atoms. The number of benzene rings is 1. The Bertz CT molecular complexity index is 615. The maximum Gasteiger partial charge on any atom is 0.145 e. The lowest BCUT2D eigenvalue weighted by Crippen LogP contribution is -1.99. The van der Waals surface area contributed by atoms with Gasteiger partial charge in [-0.25, -0.2) is 9.37 Å². The summed E-state index contributed by atoms with van der Waals surface area (Å²) in [6.45, 7) is 0. The quantitative estimate of drug-likeness (QED) is 0.831. The molecular weight excluding hydrogens is 327 g/mol. The number of aromatic nitrogens is 2. The summed E-state index contributed by atoms with van der Waals surface area (Å²) < 4.78 is 14.9. The van der Waals surface area contributed by atoms with Crippen LogP contribution in [0.3, 0.4) is 0 Å². The smallest absolute Gasteiger partial charge is 0.145 e. The Labute approximate surface area is 116 Å². The van der Waals surface area contributed by atoms with Crippen molar-refractivity contribution in [1.29, 1.82) is 0 Å². The van der Waals surface area contributed by atoms with Crippen LogP contribution in [0.15, 0.2) is 28.9 Å². The molecule has 0 spiro atoms. The fourth-order valence-corrected chi connectivity index (χ4v) is 1.94. The zero-order valence-corrected chi connectivity index (χ0v) is 11.7. The maximum absolute atomic E-state index is 13.7. The van der Waals surface area contributed by atoms with E-state index in [1.54, 1.807) is 18.3 Å². The summed E-state index contributed by atoms with van der Waals surface area (Å²) in [7, 11) is 0. The summed E-state index contributed by atoms with van der Waals surface area (Å²) in [5.41, 5.74) is 0.484. The van der Waals surface area contributed by atoms with E-state index in [-0.39, 0.29) is 5.02 Å². The Hall–Kier alpha value is -0.780. The van der Waals surface area contributed by atoms with Crippen LogP contribution in [0.2, 0.25) is 5.02 Å². The molecule has 0 bridgehead atoms. The van der Waals surface area contributed by atoms with Gasteiger partial charge in [-0.05, 0) is 27.6 Å². The molecule has 0 amide bonds. The topological polar surface area (TPSA) is 28.7 Å². The van der Waals surface area contributed by atoms with Gasteiger partial charge in [-0.2, -0.15) is 0 Å². The highest BCUT2D eigenvalue weighted by Gasteiger charge is 2.08. The highest BCUT2D eigenvalue weighted by atomic mass is 79.9. The second kappa shape index (κ2) is 5.25. The lowest BCUT2D eigenvalue weighted by atomic mass is 10.1. The van der Waals surface area contributed by atoms with Crippen molar-refractivity contribution < 1.29 is 4.39 Å². The summed E-state index contributed by atoms with van der Waals surface area (Å²) in [6.07, 6.45) is 1.92. The molecule has 0 fully saturated rings. The lowest BCUT2D eigenvalue weighted by molar-refractivity contribution is 0.612. The monoisotopic (exact) mass is 332 g/mol. The van der Waals surface area contributed by atoms with Gasteiger partial charge < -0.3 is 4.98 Å². The van der Waals surface area contributed by atoms with E-state index in [0.717, 1.165) is 0 Å². The second-order valence-corrected chi connectivity index (χ2v) is 5.07. The predicted molar refractivity (Wildman–Crippen MR) is 71.3 cm³/mol. The first-order chi connectivity index (χ1) is 8.08. The SMILES string of the molecule is Fc1c(Cl)cccc1Cc1ncc(Br)c(=S)[nH]1. The van der Waals surface area contributed by atoms with Gasteiger partial charge in [0.05, 0.1) is 9.50 Å². The van der Waals surface area contributed by atoms with Crippen LogP contribution in [0.25, 0.3) is 0 Å². The number of hydrogen-bond acceptors (Lipinski definition) is 2. The number of hydrogen-bond donors (Lipinski definition) is 1. The normalized spacial score (nSPS) is 10.5.